The number of fused-ring (bicyclic) bond motifs is 1. The van der Waals surface area contributed by atoms with E-state index in [4.69, 9.17) is 9.47 Å². The number of halogens is 1. The summed E-state index contributed by atoms with van der Waals surface area (Å²) in [6.07, 6.45) is 0. The topological polar surface area (TPSA) is 91.8 Å². The molecule has 1 aliphatic heterocycles. The number of nitrogens with one attached hydrogen (secondary N) is 2. The molecule has 1 aliphatic rings. The Hall–Kier alpha value is -2.87. The molecule has 0 atom stereocenters. The molecule has 0 bridgehead atoms. The first kappa shape index (κ1) is 14.7. The van der Waals surface area contributed by atoms with E-state index in [1.54, 1.807) is 18.2 Å². The van der Waals surface area contributed by atoms with Crippen LogP contribution in [-0.4, -0.2) is 17.0 Å². The summed E-state index contributed by atoms with van der Waals surface area (Å²) in [5.41, 5.74) is 1.84. The lowest BCUT2D eigenvalue weighted by atomic mass is 10.1. The predicted octanol–water partition coefficient (Wildman–Crippen LogP) is 4.28. The maximum atomic E-state index is 12.0. The number of hydrogen-bond acceptors (Lipinski definition) is 5. The predicted molar refractivity (Wildman–Crippen MR) is 91.3 cm³/mol. The fraction of sp³-hybridized carbons (Fsp3) is 0.0625. The highest BCUT2D eigenvalue weighted by atomic mass is 79.9. The van der Waals surface area contributed by atoms with Gasteiger partial charge in [-0.3, -0.25) is 15.0 Å². The molecule has 2 aromatic carbocycles. The van der Waals surface area contributed by atoms with Crippen LogP contribution in [0.15, 0.2) is 62.0 Å². The van der Waals surface area contributed by atoms with Gasteiger partial charge in [-0.2, -0.15) is 5.11 Å². The molecule has 0 spiro atoms. The van der Waals surface area contributed by atoms with E-state index >= 15 is 0 Å². The molecule has 4 rings (SSSR count). The first-order chi connectivity index (χ1) is 11.7. The molecule has 0 saturated heterocycles. The molecule has 1 aromatic heterocycles. The van der Waals surface area contributed by atoms with Gasteiger partial charge in [0.1, 0.15) is 0 Å². The third-order valence-electron chi connectivity index (χ3n) is 3.49. The number of azo groups is 1. The molecule has 120 valence electrons. The molecular weight excluding hydrogens is 376 g/mol. The van der Waals surface area contributed by atoms with Crippen LogP contribution >= 0.6 is 15.9 Å². The third kappa shape index (κ3) is 2.71. The van der Waals surface area contributed by atoms with E-state index in [2.05, 4.69) is 36.4 Å². The van der Waals surface area contributed by atoms with Gasteiger partial charge in [0.2, 0.25) is 6.79 Å². The lowest BCUT2D eigenvalue weighted by Crippen LogP contribution is -1.96. The molecule has 0 aliphatic carbocycles. The fourth-order valence-electron chi connectivity index (χ4n) is 2.35. The van der Waals surface area contributed by atoms with Crippen LogP contribution in [0.1, 0.15) is 0 Å². The second-order valence-electron chi connectivity index (χ2n) is 5.05. The van der Waals surface area contributed by atoms with Crippen molar-refractivity contribution in [1.82, 2.24) is 10.2 Å². The van der Waals surface area contributed by atoms with E-state index in [0.29, 0.717) is 22.9 Å². The highest BCUT2D eigenvalue weighted by molar-refractivity contribution is 9.10. The minimum atomic E-state index is -0.338. The third-order valence-corrected chi connectivity index (χ3v) is 3.98. The van der Waals surface area contributed by atoms with Crippen LogP contribution in [0.25, 0.3) is 11.3 Å². The molecule has 0 saturated carbocycles. The van der Waals surface area contributed by atoms with E-state index in [1.807, 2.05) is 24.3 Å². The molecule has 3 aromatic rings. The van der Waals surface area contributed by atoms with Crippen LogP contribution in [-0.2, 0) is 0 Å². The van der Waals surface area contributed by atoms with E-state index in [1.165, 1.54) is 0 Å². The fourth-order valence-corrected chi connectivity index (χ4v) is 2.75. The molecule has 8 heteroatoms. The number of H-pyrrole nitrogens is 2. The standard InChI is InChI=1S/C16H11BrN4O3/c17-10-3-1-2-9(6-10)14-15(16(22)21-19-14)20-18-11-4-5-12-13(7-11)24-8-23-12/h1-7H,8H2,(H2,19,21,22). The maximum Gasteiger partial charge on any atom is 0.292 e. The Labute approximate surface area is 144 Å². The quantitative estimate of drug-likeness (QED) is 0.658. The lowest BCUT2D eigenvalue weighted by Gasteiger charge is -2.00. The van der Waals surface area contributed by atoms with Gasteiger partial charge in [-0.15, -0.1) is 5.11 Å². The van der Waals surface area contributed by atoms with Gasteiger partial charge in [0, 0.05) is 16.1 Å². The van der Waals surface area contributed by atoms with Crippen molar-refractivity contribution < 1.29 is 9.47 Å². The van der Waals surface area contributed by atoms with Gasteiger partial charge in [-0.05, 0) is 24.3 Å². The summed E-state index contributed by atoms with van der Waals surface area (Å²) in [7, 11) is 0. The summed E-state index contributed by atoms with van der Waals surface area (Å²) < 4.78 is 11.5. The van der Waals surface area contributed by atoms with Crippen LogP contribution in [0.5, 0.6) is 11.5 Å². The largest absolute Gasteiger partial charge is 0.454 e. The van der Waals surface area contributed by atoms with Crippen LogP contribution in [0.3, 0.4) is 0 Å². The van der Waals surface area contributed by atoms with Crippen molar-refractivity contribution in [3.63, 3.8) is 0 Å². The van der Waals surface area contributed by atoms with E-state index in [9.17, 15) is 4.79 Å². The Morgan fingerprint density at radius 3 is 2.75 bits per heavy atom. The van der Waals surface area contributed by atoms with Gasteiger partial charge in [0.05, 0.1) is 11.4 Å². The van der Waals surface area contributed by atoms with Crippen molar-refractivity contribution >= 4 is 27.3 Å². The average Bonchev–Trinajstić information content (AvgIpc) is 3.19. The molecule has 0 fully saturated rings. The van der Waals surface area contributed by atoms with Gasteiger partial charge >= 0.3 is 0 Å². The lowest BCUT2D eigenvalue weighted by molar-refractivity contribution is 0.174. The Kier molecular flexibility index (Phi) is 3.66. The van der Waals surface area contributed by atoms with Crippen LogP contribution in [0.2, 0.25) is 0 Å². The second kappa shape index (κ2) is 5.97. The number of ether oxygens (including phenoxy) is 2. The number of nitrogens with zero attached hydrogens (tertiary/aromatic N) is 2. The molecular formula is C16H11BrN4O3. The van der Waals surface area contributed by atoms with Gasteiger partial charge in [0.15, 0.2) is 17.2 Å². The molecule has 0 unspecified atom stereocenters. The number of aromatic amines is 2. The molecule has 0 amide bonds. The van der Waals surface area contributed by atoms with Crippen LogP contribution in [0.4, 0.5) is 11.4 Å². The summed E-state index contributed by atoms with van der Waals surface area (Å²) in [5, 5.41) is 13.6. The van der Waals surface area contributed by atoms with Crippen molar-refractivity contribution in [1.29, 1.82) is 0 Å². The van der Waals surface area contributed by atoms with E-state index in [-0.39, 0.29) is 18.0 Å². The number of aromatic nitrogens is 2. The van der Waals surface area contributed by atoms with E-state index < -0.39 is 0 Å². The van der Waals surface area contributed by atoms with Crippen LogP contribution < -0.4 is 15.0 Å². The van der Waals surface area contributed by atoms with Crippen molar-refractivity contribution in [3.05, 3.63) is 57.3 Å². The zero-order valence-electron chi connectivity index (χ0n) is 12.2. The summed E-state index contributed by atoms with van der Waals surface area (Å²) in [6, 6.07) is 12.8. The normalized spacial score (nSPS) is 12.9. The Morgan fingerprint density at radius 1 is 1.00 bits per heavy atom. The van der Waals surface area contributed by atoms with Crippen molar-refractivity contribution in [2.24, 2.45) is 10.2 Å². The monoisotopic (exact) mass is 386 g/mol. The minimum Gasteiger partial charge on any atom is -0.454 e. The van der Waals surface area contributed by atoms with E-state index in [0.717, 1.165) is 10.0 Å². The van der Waals surface area contributed by atoms with Gasteiger partial charge in [0.25, 0.3) is 5.56 Å². The average molecular weight is 387 g/mol. The number of hydrogen-bond donors (Lipinski definition) is 2. The SMILES string of the molecule is O=c1[nH][nH]c(-c2cccc(Br)c2)c1N=Nc1ccc2c(c1)OCO2. The zero-order chi connectivity index (χ0) is 16.5. The zero-order valence-corrected chi connectivity index (χ0v) is 13.8. The summed E-state index contributed by atoms with van der Waals surface area (Å²) in [6.45, 7) is 0.195. The summed E-state index contributed by atoms with van der Waals surface area (Å²) in [5.74, 6) is 1.28. The summed E-state index contributed by atoms with van der Waals surface area (Å²) in [4.78, 5) is 12.0. The Bertz CT molecular complexity index is 993. The number of rotatable bonds is 3. The molecule has 24 heavy (non-hydrogen) atoms. The van der Waals surface area contributed by atoms with Gasteiger partial charge < -0.3 is 9.47 Å². The minimum absolute atomic E-state index is 0.195. The molecule has 7 nitrogen and oxygen atoms in total. The van der Waals surface area contributed by atoms with Crippen molar-refractivity contribution in [2.75, 3.05) is 6.79 Å². The maximum absolute atomic E-state index is 12.0. The molecule has 2 heterocycles. The second-order valence-corrected chi connectivity index (χ2v) is 5.97. The Balaban J connectivity index is 1.70. The van der Waals surface area contributed by atoms with Crippen molar-refractivity contribution in [3.8, 4) is 22.8 Å². The van der Waals surface area contributed by atoms with Gasteiger partial charge in [-0.25, -0.2) is 0 Å². The van der Waals surface area contributed by atoms with Crippen molar-refractivity contribution in [2.45, 2.75) is 0 Å². The number of benzene rings is 2. The van der Waals surface area contributed by atoms with Gasteiger partial charge in [-0.1, -0.05) is 28.1 Å². The Morgan fingerprint density at radius 2 is 1.88 bits per heavy atom. The first-order valence-electron chi connectivity index (χ1n) is 7.09. The highest BCUT2D eigenvalue weighted by Crippen LogP contribution is 2.36. The highest BCUT2D eigenvalue weighted by Gasteiger charge is 2.14. The molecule has 0 radical (unpaired) electrons. The first-order valence-corrected chi connectivity index (χ1v) is 7.88. The molecule has 2 N–H and O–H groups in total. The summed E-state index contributed by atoms with van der Waals surface area (Å²) >= 11 is 3.41. The van der Waals surface area contributed by atoms with Crippen LogP contribution in [0, 0.1) is 0 Å². The smallest absolute Gasteiger partial charge is 0.292 e.